The molecule has 7 heteroatoms. The van der Waals surface area contributed by atoms with Gasteiger partial charge in [0, 0.05) is 5.56 Å². The molecule has 0 aliphatic carbocycles. The number of nitrogens with one attached hydrogen (secondary N) is 1. The molecule has 2 atom stereocenters. The average molecular weight is 306 g/mol. The second-order valence-corrected chi connectivity index (χ2v) is 5.61. The molecule has 0 bridgehead atoms. The van der Waals surface area contributed by atoms with Gasteiger partial charge in [0.15, 0.2) is 5.17 Å². The minimum atomic E-state index is -1.14. The van der Waals surface area contributed by atoms with Crippen LogP contribution in [0.25, 0.3) is 0 Å². The van der Waals surface area contributed by atoms with E-state index < -0.39 is 22.4 Å². The number of hydrogen-bond donors (Lipinski definition) is 3. The van der Waals surface area contributed by atoms with Crippen LogP contribution in [0.4, 0.5) is 5.69 Å². The molecule has 0 radical (unpaired) electrons. The van der Waals surface area contributed by atoms with Crippen molar-refractivity contribution >= 4 is 47.1 Å². The summed E-state index contributed by atoms with van der Waals surface area (Å²) in [7, 11) is 0. The summed E-state index contributed by atoms with van der Waals surface area (Å²) in [5.74, 6) is 0.935. The number of nitrogens with zero attached hydrogens (tertiary/aromatic N) is 1. The van der Waals surface area contributed by atoms with Gasteiger partial charge in [0.2, 0.25) is 5.91 Å². The van der Waals surface area contributed by atoms with Gasteiger partial charge < -0.3 is 10.4 Å². The Morgan fingerprint density at radius 1 is 1.60 bits per heavy atom. The van der Waals surface area contributed by atoms with Crippen molar-refractivity contribution in [3.63, 3.8) is 0 Å². The Morgan fingerprint density at radius 2 is 2.35 bits per heavy atom. The van der Waals surface area contributed by atoms with Crippen molar-refractivity contribution in [2.75, 3.05) is 0 Å². The zero-order valence-corrected chi connectivity index (χ0v) is 11.8. The quantitative estimate of drug-likeness (QED) is 0.580. The topological polar surface area (TPSA) is 78.8 Å². The highest BCUT2D eigenvalue weighted by Crippen LogP contribution is 2.27. The minimum Gasteiger partial charge on any atom is -0.480 e. The number of terminal acetylenes is 1. The van der Waals surface area contributed by atoms with Gasteiger partial charge in [-0.3, -0.25) is 9.59 Å². The van der Waals surface area contributed by atoms with Crippen molar-refractivity contribution in [2.24, 2.45) is 4.99 Å². The van der Waals surface area contributed by atoms with Gasteiger partial charge in [-0.05, 0) is 18.2 Å². The van der Waals surface area contributed by atoms with Crippen molar-refractivity contribution in [3.8, 4) is 12.3 Å². The third-order valence-corrected chi connectivity index (χ3v) is 4.39. The summed E-state index contributed by atoms with van der Waals surface area (Å²) < 4.78 is 0. The van der Waals surface area contributed by atoms with E-state index in [1.807, 2.05) is 0 Å². The highest BCUT2D eigenvalue weighted by atomic mass is 32.2. The Hall–Kier alpha value is -1.91. The van der Waals surface area contributed by atoms with Crippen LogP contribution in [-0.4, -0.2) is 32.7 Å². The van der Waals surface area contributed by atoms with Crippen molar-refractivity contribution in [2.45, 2.75) is 10.5 Å². The first-order valence-electron chi connectivity index (χ1n) is 5.55. The van der Waals surface area contributed by atoms with Crippen LogP contribution in [0.2, 0.25) is 0 Å². The van der Waals surface area contributed by atoms with Crippen molar-refractivity contribution in [1.29, 1.82) is 0 Å². The number of carboxylic acids is 1. The summed E-state index contributed by atoms with van der Waals surface area (Å²) >= 11 is 4.96. The molecule has 1 aliphatic heterocycles. The van der Waals surface area contributed by atoms with E-state index in [0.29, 0.717) is 16.4 Å². The van der Waals surface area contributed by atoms with Gasteiger partial charge in [-0.25, -0.2) is 4.99 Å². The molecule has 20 heavy (non-hydrogen) atoms. The van der Waals surface area contributed by atoms with Gasteiger partial charge in [-0.15, -0.1) is 6.42 Å². The molecular weight excluding hydrogens is 296 g/mol. The van der Waals surface area contributed by atoms with Crippen molar-refractivity contribution < 1.29 is 14.7 Å². The highest BCUT2D eigenvalue weighted by Gasteiger charge is 2.38. The van der Waals surface area contributed by atoms with E-state index in [1.165, 1.54) is 0 Å². The molecule has 1 aromatic carbocycles. The maximum Gasteiger partial charge on any atom is 0.318 e. The van der Waals surface area contributed by atoms with Gasteiger partial charge in [0.1, 0.15) is 10.5 Å². The number of carbonyl (C=O) groups excluding carboxylic acids is 1. The van der Waals surface area contributed by atoms with Gasteiger partial charge in [-0.2, -0.15) is 12.6 Å². The lowest BCUT2D eigenvalue weighted by atomic mass is 10.2. The molecular formula is C13H10N2O3S2. The molecule has 0 aromatic heterocycles. The smallest absolute Gasteiger partial charge is 0.318 e. The van der Waals surface area contributed by atoms with Gasteiger partial charge in [0.25, 0.3) is 0 Å². The third kappa shape index (κ3) is 3.15. The van der Waals surface area contributed by atoms with E-state index in [9.17, 15) is 9.59 Å². The van der Waals surface area contributed by atoms with Crippen molar-refractivity contribution in [3.05, 3.63) is 29.8 Å². The molecule has 2 rings (SSSR count). The fourth-order valence-electron chi connectivity index (χ4n) is 1.55. The second kappa shape index (κ2) is 6.03. The molecule has 1 aromatic rings. The SMILES string of the molecule is C#Cc1cccc(N=C2NC(=O)[C@H]([C@H](S)C(=O)O)S2)c1. The lowest BCUT2D eigenvalue weighted by Gasteiger charge is -2.08. The first kappa shape index (κ1) is 14.5. The maximum atomic E-state index is 11.7. The predicted molar refractivity (Wildman–Crippen MR) is 81.4 cm³/mol. The molecule has 5 nitrogen and oxygen atoms in total. The molecule has 2 N–H and O–H groups in total. The van der Waals surface area contributed by atoms with Crippen LogP contribution < -0.4 is 5.32 Å². The summed E-state index contributed by atoms with van der Waals surface area (Å²) in [4.78, 5) is 26.8. The number of rotatable bonds is 3. The molecule has 0 unspecified atom stereocenters. The molecule has 102 valence electrons. The van der Waals surface area contributed by atoms with E-state index in [2.05, 4.69) is 28.9 Å². The van der Waals surface area contributed by atoms with Gasteiger partial charge in [-0.1, -0.05) is 23.7 Å². The third-order valence-electron chi connectivity index (χ3n) is 2.51. The summed E-state index contributed by atoms with van der Waals surface area (Å²) in [5.41, 5.74) is 1.27. The second-order valence-electron chi connectivity index (χ2n) is 3.92. The summed E-state index contributed by atoms with van der Waals surface area (Å²) in [6.45, 7) is 0. The molecule has 1 heterocycles. The summed E-state index contributed by atoms with van der Waals surface area (Å²) in [6.07, 6.45) is 5.30. The van der Waals surface area contributed by atoms with E-state index >= 15 is 0 Å². The molecule has 0 saturated carbocycles. The molecule has 1 amide bonds. The lowest BCUT2D eigenvalue weighted by molar-refractivity contribution is -0.137. The van der Waals surface area contributed by atoms with E-state index in [1.54, 1.807) is 24.3 Å². The maximum absolute atomic E-state index is 11.7. The Morgan fingerprint density at radius 3 is 3.00 bits per heavy atom. The van der Waals surface area contributed by atoms with Crippen LogP contribution in [0.5, 0.6) is 0 Å². The number of aliphatic carboxylic acids is 1. The number of hydrogen-bond acceptors (Lipinski definition) is 5. The number of thioether (sulfide) groups is 1. The van der Waals surface area contributed by atoms with Gasteiger partial charge in [0.05, 0.1) is 5.69 Å². The molecule has 0 spiro atoms. The number of benzene rings is 1. The fraction of sp³-hybridized carbons (Fsp3) is 0.154. The Labute approximate surface area is 125 Å². The number of thiol groups is 1. The molecule has 1 fully saturated rings. The predicted octanol–water partition coefficient (Wildman–Crippen LogP) is 1.27. The van der Waals surface area contributed by atoms with E-state index in [0.717, 1.165) is 11.8 Å². The number of amides is 1. The monoisotopic (exact) mass is 306 g/mol. The zero-order chi connectivity index (χ0) is 14.7. The van der Waals surface area contributed by atoms with E-state index in [4.69, 9.17) is 11.5 Å². The standard InChI is InChI=1S/C13H10N2O3S2/c1-2-7-4-3-5-8(6-7)14-13-15-11(16)10(20-13)9(19)12(17)18/h1,3-6,9-10,19H,(H,17,18)(H,14,15,16)/t9-,10-/m0/s1. The fourth-order valence-corrected chi connectivity index (χ4v) is 2.84. The minimum absolute atomic E-state index is 0.342. The van der Waals surface area contributed by atoms with Crippen LogP contribution in [0, 0.1) is 12.3 Å². The number of carboxylic acid groups (broad SMARTS) is 1. The normalized spacial score (nSPS) is 21.3. The van der Waals surface area contributed by atoms with Crippen LogP contribution in [0.1, 0.15) is 5.56 Å². The first-order valence-corrected chi connectivity index (χ1v) is 6.94. The largest absolute Gasteiger partial charge is 0.480 e. The van der Waals surface area contributed by atoms with Crippen LogP contribution >= 0.6 is 24.4 Å². The molecule has 1 saturated heterocycles. The van der Waals surface area contributed by atoms with Crippen LogP contribution in [0.15, 0.2) is 29.3 Å². The van der Waals surface area contributed by atoms with Crippen molar-refractivity contribution in [1.82, 2.24) is 5.32 Å². The van der Waals surface area contributed by atoms with Crippen LogP contribution in [0.3, 0.4) is 0 Å². The lowest BCUT2D eigenvalue weighted by Crippen LogP contribution is -2.34. The zero-order valence-electron chi connectivity index (χ0n) is 10.1. The summed E-state index contributed by atoms with van der Waals surface area (Å²) in [6, 6.07) is 6.96. The Kier molecular flexibility index (Phi) is 4.37. The van der Waals surface area contributed by atoms with Gasteiger partial charge >= 0.3 is 5.97 Å². The Bertz CT molecular complexity index is 637. The Balaban J connectivity index is 2.19. The number of amidine groups is 1. The summed E-state index contributed by atoms with van der Waals surface area (Å²) in [5, 5.41) is 9.87. The molecule has 1 aliphatic rings. The average Bonchev–Trinajstić information content (AvgIpc) is 2.78. The highest BCUT2D eigenvalue weighted by molar-refractivity contribution is 8.16. The first-order chi connectivity index (χ1) is 9.51. The van der Waals surface area contributed by atoms with E-state index in [-0.39, 0.29) is 0 Å². The number of aliphatic imine (C=N–C) groups is 1. The number of carbonyl (C=O) groups is 2. The van der Waals surface area contributed by atoms with Crippen LogP contribution in [-0.2, 0) is 9.59 Å².